The van der Waals surface area contributed by atoms with E-state index < -0.39 is 0 Å². The van der Waals surface area contributed by atoms with E-state index in [1.165, 1.54) is 0 Å². The van der Waals surface area contributed by atoms with Crippen molar-refractivity contribution in [2.45, 2.75) is 0 Å². The highest BCUT2D eigenvalue weighted by molar-refractivity contribution is 7.79. The number of thiol groups is 1. The van der Waals surface area contributed by atoms with Gasteiger partial charge in [0.05, 0.1) is 0 Å². The first kappa shape index (κ1) is 19.3. The second-order valence-electron chi connectivity index (χ2n) is 0. The normalized spacial score (nSPS) is 1.50. The van der Waals surface area contributed by atoms with Gasteiger partial charge in [-0.1, -0.05) is 0 Å². The largest absolute Gasteiger partial charge is 0.197 e. The Kier molecular flexibility index (Phi) is 153. The quantitative estimate of drug-likeness (QED) is 0.350. The highest BCUT2D eigenvalue weighted by atomic mass is 32.1. The average Bonchev–Trinajstić information content (AvgIpc) is 1.00. The van der Waals surface area contributed by atoms with Crippen molar-refractivity contribution in [3.8, 4) is 0 Å². The van der Waals surface area contributed by atoms with Crippen LogP contribution in [0, 0.1) is 0 Å². The predicted molar refractivity (Wildman–Crippen MR) is 36.4 cm³/mol. The SMILES string of the molecule is CS.P.S. The van der Waals surface area contributed by atoms with Crippen molar-refractivity contribution in [3.05, 3.63) is 0 Å². The molecule has 30 valence electrons. The van der Waals surface area contributed by atoms with Gasteiger partial charge in [0.2, 0.25) is 0 Å². The van der Waals surface area contributed by atoms with Gasteiger partial charge in [0.15, 0.2) is 0 Å². The van der Waals surface area contributed by atoms with Crippen molar-refractivity contribution in [1.82, 2.24) is 0 Å². The minimum Gasteiger partial charge on any atom is -0.197 e. The summed E-state index contributed by atoms with van der Waals surface area (Å²) in [6.45, 7) is 0. The average molecular weight is 116 g/mol. The molecule has 0 bridgehead atoms. The van der Waals surface area contributed by atoms with Crippen molar-refractivity contribution in [3.63, 3.8) is 0 Å². The van der Waals surface area contributed by atoms with Gasteiger partial charge >= 0.3 is 0 Å². The van der Waals surface area contributed by atoms with Crippen LogP contribution in [0.1, 0.15) is 0 Å². The Morgan fingerprint density at radius 2 is 1.25 bits per heavy atom. The molecule has 0 fully saturated rings. The molecule has 0 saturated carbocycles. The lowest BCUT2D eigenvalue weighted by Gasteiger charge is -1.11. The third kappa shape index (κ3) is 11.1. The van der Waals surface area contributed by atoms with Crippen LogP contribution in [-0.4, -0.2) is 6.26 Å². The molecule has 0 heterocycles. The van der Waals surface area contributed by atoms with Crippen molar-refractivity contribution in [2.24, 2.45) is 0 Å². The zero-order chi connectivity index (χ0) is 2.00. The maximum Gasteiger partial charge on any atom is -0.0215 e. The molecule has 0 radical (unpaired) electrons. The van der Waals surface area contributed by atoms with E-state index >= 15 is 0 Å². The van der Waals surface area contributed by atoms with Gasteiger partial charge in [0.25, 0.3) is 0 Å². The summed E-state index contributed by atoms with van der Waals surface area (Å²) in [6.07, 6.45) is 1.69. The summed E-state index contributed by atoms with van der Waals surface area (Å²) < 4.78 is 0. The van der Waals surface area contributed by atoms with Crippen LogP contribution in [0.3, 0.4) is 0 Å². The van der Waals surface area contributed by atoms with Gasteiger partial charge in [-0.05, 0) is 6.26 Å². The van der Waals surface area contributed by atoms with Gasteiger partial charge in [0, 0.05) is 0 Å². The van der Waals surface area contributed by atoms with Crippen LogP contribution in [0.25, 0.3) is 0 Å². The topological polar surface area (TPSA) is 0 Å². The fourth-order valence-electron chi connectivity index (χ4n) is 0. The van der Waals surface area contributed by atoms with Crippen molar-refractivity contribution >= 4 is 36.0 Å². The summed E-state index contributed by atoms with van der Waals surface area (Å²) in [5, 5.41) is 0. The van der Waals surface area contributed by atoms with Crippen LogP contribution in [0.2, 0.25) is 0 Å². The van der Waals surface area contributed by atoms with Gasteiger partial charge in [0.1, 0.15) is 0 Å². The predicted octanol–water partition coefficient (Wildman–Crippen LogP) is 0.717. The van der Waals surface area contributed by atoms with E-state index in [4.69, 9.17) is 0 Å². The monoisotopic (exact) mass is 116 g/mol. The molecule has 0 aliphatic carbocycles. The van der Waals surface area contributed by atoms with E-state index in [0.717, 1.165) is 0 Å². The molecule has 0 nitrogen and oxygen atoms in total. The first-order valence-corrected chi connectivity index (χ1v) is 1.34. The van der Waals surface area contributed by atoms with Crippen LogP contribution >= 0.6 is 36.0 Å². The molecule has 0 spiro atoms. The van der Waals surface area contributed by atoms with Gasteiger partial charge in [-0.15, -0.1) is 0 Å². The van der Waals surface area contributed by atoms with Crippen LogP contribution in [0.5, 0.6) is 0 Å². The molecular weight excluding hydrogens is 107 g/mol. The maximum atomic E-state index is 3.53. The first-order chi connectivity index (χ1) is 1.00. The summed E-state index contributed by atoms with van der Waals surface area (Å²) in [7, 11) is 0. The minimum absolute atomic E-state index is 0. The first-order valence-electron chi connectivity index (χ1n) is 0.447. The van der Waals surface area contributed by atoms with Crippen LogP contribution in [0.15, 0.2) is 0 Å². The highest BCUT2D eigenvalue weighted by Crippen LogP contribution is 1.31. The molecule has 3 heteroatoms. The second-order valence-corrected chi connectivity index (χ2v) is 0. The second kappa shape index (κ2) is 31.7. The molecule has 0 aliphatic rings. The Labute approximate surface area is 42.8 Å². The van der Waals surface area contributed by atoms with Gasteiger partial charge in [-0.2, -0.15) is 36.0 Å². The molecular formula is CH9PS2. The lowest BCUT2D eigenvalue weighted by Crippen LogP contribution is -0.865. The summed E-state index contributed by atoms with van der Waals surface area (Å²) in [5.41, 5.74) is 0. The zero-order valence-corrected chi connectivity index (χ0v) is 5.96. The molecule has 0 aromatic rings. The molecule has 1 atom stereocenters. The molecule has 0 N–H and O–H groups in total. The van der Waals surface area contributed by atoms with E-state index in [1.807, 2.05) is 0 Å². The molecule has 0 aliphatic heterocycles. The molecule has 1 unspecified atom stereocenters. The molecule has 0 saturated heterocycles. The minimum atomic E-state index is 0. The van der Waals surface area contributed by atoms with Crippen LogP contribution < -0.4 is 0 Å². The van der Waals surface area contributed by atoms with Gasteiger partial charge in [-0.25, -0.2) is 0 Å². The highest BCUT2D eigenvalue weighted by Gasteiger charge is 0.901. The number of hydrogen-bond donors (Lipinski definition) is 1. The zero-order valence-electron chi connectivity index (χ0n) is 2.65. The third-order valence-electron chi connectivity index (χ3n) is 0. The fourth-order valence-corrected chi connectivity index (χ4v) is 0. The Bertz CT molecular complexity index is 6.00. The Morgan fingerprint density at radius 3 is 1.25 bits per heavy atom. The van der Waals surface area contributed by atoms with Gasteiger partial charge < -0.3 is 0 Å². The third-order valence-corrected chi connectivity index (χ3v) is 0. The Hall–Kier alpha value is 1.13. The van der Waals surface area contributed by atoms with Crippen LogP contribution in [0.4, 0.5) is 0 Å². The summed E-state index contributed by atoms with van der Waals surface area (Å²) in [5.74, 6) is 0. The lowest BCUT2D eigenvalue weighted by atomic mass is 12.0. The summed E-state index contributed by atoms with van der Waals surface area (Å²) in [6, 6.07) is 0. The Balaban J connectivity index is -0.00000000500. The number of rotatable bonds is 0. The lowest BCUT2D eigenvalue weighted by molar-refractivity contribution is 2.55. The van der Waals surface area contributed by atoms with Gasteiger partial charge in [-0.3, -0.25) is 0 Å². The Morgan fingerprint density at radius 1 is 1.25 bits per heavy atom. The smallest absolute Gasteiger partial charge is 0.0215 e. The molecule has 0 rings (SSSR count). The van der Waals surface area contributed by atoms with Crippen molar-refractivity contribution in [2.75, 3.05) is 6.26 Å². The molecule has 0 amide bonds. The fraction of sp³-hybridized carbons (Fsp3) is 1.00. The van der Waals surface area contributed by atoms with E-state index in [2.05, 4.69) is 12.6 Å². The van der Waals surface area contributed by atoms with E-state index in [9.17, 15) is 0 Å². The van der Waals surface area contributed by atoms with Crippen molar-refractivity contribution < 1.29 is 0 Å². The van der Waals surface area contributed by atoms with E-state index in [0.29, 0.717) is 0 Å². The van der Waals surface area contributed by atoms with E-state index in [1.54, 1.807) is 6.26 Å². The molecule has 0 aromatic heterocycles. The molecule has 4 heavy (non-hydrogen) atoms. The van der Waals surface area contributed by atoms with Crippen molar-refractivity contribution in [1.29, 1.82) is 0 Å². The maximum absolute atomic E-state index is 3.53. The molecule has 0 aromatic carbocycles. The summed E-state index contributed by atoms with van der Waals surface area (Å²) in [4.78, 5) is 0. The standard InChI is InChI=1S/CH4S.H3P.H2S/c1-2;;/h2H,1H3;1H3;1H2. The van der Waals surface area contributed by atoms with Crippen LogP contribution in [-0.2, 0) is 0 Å². The summed E-state index contributed by atoms with van der Waals surface area (Å²) >= 11 is 3.53. The number of hydrogen-bond acceptors (Lipinski definition) is 1. The van der Waals surface area contributed by atoms with E-state index in [-0.39, 0.29) is 23.4 Å².